The monoisotopic (exact) mass is 282 g/mol. The second-order valence-corrected chi connectivity index (χ2v) is 5.35. The van der Waals surface area contributed by atoms with Crippen LogP contribution in [0.25, 0.3) is 0 Å². The average Bonchev–Trinajstić information content (AvgIpc) is 2.74. The number of azo groups is 1. The van der Waals surface area contributed by atoms with Gasteiger partial charge in [0.15, 0.2) is 24.8 Å². The number of aromatic nitrogens is 1. The molecule has 0 N–H and O–H groups in total. The standard InChI is InChI=1S/C12H13ClN3OS/c1-8-6-9(13)10(7-11(8)17-3)14-15-12-4-5-16(2)18-12/h4-7H,1-3H3/q+1. The molecule has 0 bridgehead atoms. The summed E-state index contributed by atoms with van der Waals surface area (Å²) < 4.78 is 7.19. The van der Waals surface area contributed by atoms with Gasteiger partial charge in [0, 0.05) is 12.1 Å². The normalized spacial score (nSPS) is 11.1. The Balaban J connectivity index is 2.31. The van der Waals surface area contributed by atoms with E-state index in [0.717, 1.165) is 16.3 Å². The predicted octanol–water partition coefficient (Wildman–Crippen LogP) is 3.96. The molecule has 0 atom stereocenters. The SMILES string of the molecule is COc1cc(N=Nc2cc[n+](C)s2)c(Cl)cc1C. The first-order chi connectivity index (χ1) is 8.60. The van der Waals surface area contributed by atoms with Crippen LogP contribution in [0.4, 0.5) is 10.7 Å². The lowest BCUT2D eigenvalue weighted by Crippen LogP contribution is -2.18. The second-order valence-electron chi connectivity index (χ2n) is 3.76. The molecule has 2 aromatic rings. The first kappa shape index (κ1) is 13.0. The molecule has 0 saturated carbocycles. The summed E-state index contributed by atoms with van der Waals surface area (Å²) >= 11 is 7.63. The molecule has 6 heteroatoms. The Morgan fingerprint density at radius 3 is 2.72 bits per heavy atom. The summed E-state index contributed by atoms with van der Waals surface area (Å²) in [5.74, 6) is 0.755. The van der Waals surface area contributed by atoms with Crippen molar-refractivity contribution >= 4 is 33.8 Å². The van der Waals surface area contributed by atoms with Gasteiger partial charge >= 0.3 is 0 Å². The van der Waals surface area contributed by atoms with E-state index in [4.69, 9.17) is 16.3 Å². The van der Waals surface area contributed by atoms with Crippen molar-refractivity contribution < 1.29 is 8.69 Å². The number of aryl methyl sites for hydroxylation is 2. The lowest BCUT2D eigenvalue weighted by Gasteiger charge is -2.05. The second kappa shape index (κ2) is 5.46. The third-order valence-corrected chi connectivity index (χ3v) is 3.50. The van der Waals surface area contributed by atoms with E-state index >= 15 is 0 Å². The Hall–Kier alpha value is -1.46. The highest BCUT2D eigenvalue weighted by atomic mass is 35.5. The highest BCUT2D eigenvalue weighted by molar-refractivity contribution is 7.05. The minimum Gasteiger partial charge on any atom is -0.496 e. The number of hydrogen-bond acceptors (Lipinski definition) is 4. The van der Waals surface area contributed by atoms with Gasteiger partial charge in [0.2, 0.25) is 5.00 Å². The fourth-order valence-electron chi connectivity index (χ4n) is 1.47. The smallest absolute Gasteiger partial charge is 0.208 e. The van der Waals surface area contributed by atoms with Crippen LogP contribution < -0.4 is 8.69 Å². The Labute approximate surface area is 115 Å². The summed E-state index contributed by atoms with van der Waals surface area (Å²) in [6.45, 7) is 1.94. The van der Waals surface area contributed by atoms with E-state index < -0.39 is 0 Å². The minimum absolute atomic E-state index is 0.568. The van der Waals surface area contributed by atoms with Crippen molar-refractivity contribution in [1.29, 1.82) is 0 Å². The number of ether oxygens (including phenoxy) is 1. The number of rotatable bonds is 3. The number of benzene rings is 1. The van der Waals surface area contributed by atoms with Crippen LogP contribution >= 0.6 is 23.1 Å². The lowest BCUT2D eigenvalue weighted by atomic mass is 10.2. The molecule has 0 unspecified atom stereocenters. The van der Waals surface area contributed by atoms with E-state index in [1.165, 1.54) is 11.5 Å². The summed E-state index contributed by atoms with van der Waals surface area (Å²) in [6.07, 6.45) is 1.93. The zero-order valence-electron chi connectivity index (χ0n) is 10.3. The van der Waals surface area contributed by atoms with Gasteiger partial charge in [-0.1, -0.05) is 11.6 Å². The Morgan fingerprint density at radius 1 is 1.33 bits per heavy atom. The Morgan fingerprint density at radius 2 is 2.11 bits per heavy atom. The summed E-state index contributed by atoms with van der Waals surface area (Å²) in [4.78, 5) is 0. The largest absolute Gasteiger partial charge is 0.496 e. The lowest BCUT2D eigenvalue weighted by molar-refractivity contribution is -0.600. The van der Waals surface area contributed by atoms with Crippen LogP contribution in [0.3, 0.4) is 0 Å². The maximum absolute atomic E-state index is 6.12. The van der Waals surface area contributed by atoms with Crippen LogP contribution in [-0.4, -0.2) is 7.11 Å². The van der Waals surface area contributed by atoms with E-state index in [1.54, 1.807) is 13.2 Å². The Bertz CT molecular complexity index is 595. The van der Waals surface area contributed by atoms with Crippen molar-refractivity contribution in [2.75, 3.05) is 7.11 Å². The van der Waals surface area contributed by atoms with Crippen LogP contribution in [0.15, 0.2) is 34.6 Å². The summed E-state index contributed by atoms with van der Waals surface area (Å²) in [5, 5.41) is 9.69. The third kappa shape index (κ3) is 2.86. The molecule has 0 aliphatic rings. The molecule has 94 valence electrons. The van der Waals surface area contributed by atoms with Gasteiger partial charge in [0.1, 0.15) is 11.4 Å². The molecule has 1 heterocycles. The van der Waals surface area contributed by atoms with Crippen LogP contribution in [0, 0.1) is 6.92 Å². The molecular weight excluding hydrogens is 270 g/mol. The highest BCUT2D eigenvalue weighted by Crippen LogP contribution is 2.33. The van der Waals surface area contributed by atoms with E-state index in [2.05, 4.69) is 10.2 Å². The first-order valence-electron chi connectivity index (χ1n) is 5.32. The van der Waals surface area contributed by atoms with Gasteiger partial charge in [-0.05, 0) is 18.6 Å². The highest BCUT2D eigenvalue weighted by Gasteiger charge is 2.07. The molecule has 0 spiro atoms. The minimum atomic E-state index is 0.568. The molecule has 0 saturated heterocycles. The summed E-state index contributed by atoms with van der Waals surface area (Å²) in [6, 6.07) is 5.51. The van der Waals surface area contributed by atoms with Crippen molar-refractivity contribution in [3.05, 3.63) is 35.0 Å². The van der Waals surface area contributed by atoms with Gasteiger partial charge in [-0.3, -0.25) is 0 Å². The van der Waals surface area contributed by atoms with Gasteiger partial charge in [-0.25, -0.2) is 0 Å². The predicted molar refractivity (Wildman–Crippen MR) is 72.4 cm³/mol. The van der Waals surface area contributed by atoms with Crippen molar-refractivity contribution in [3.63, 3.8) is 0 Å². The molecule has 18 heavy (non-hydrogen) atoms. The zero-order chi connectivity index (χ0) is 13.1. The molecule has 1 aromatic heterocycles. The van der Waals surface area contributed by atoms with Gasteiger partial charge in [0.05, 0.1) is 12.1 Å². The molecule has 0 radical (unpaired) electrons. The van der Waals surface area contributed by atoms with Crippen LogP contribution in [-0.2, 0) is 7.05 Å². The van der Waals surface area contributed by atoms with Crippen molar-refractivity contribution in [2.45, 2.75) is 6.92 Å². The van der Waals surface area contributed by atoms with Crippen molar-refractivity contribution in [3.8, 4) is 5.75 Å². The molecule has 4 nitrogen and oxygen atoms in total. The van der Waals surface area contributed by atoms with Crippen molar-refractivity contribution in [1.82, 2.24) is 0 Å². The first-order valence-corrected chi connectivity index (χ1v) is 6.47. The Kier molecular flexibility index (Phi) is 3.93. The van der Waals surface area contributed by atoms with Crippen LogP contribution in [0.1, 0.15) is 5.56 Å². The van der Waals surface area contributed by atoms with Gasteiger partial charge in [0.25, 0.3) is 0 Å². The average molecular weight is 283 g/mol. The summed E-state index contributed by atoms with van der Waals surface area (Å²) in [5.41, 5.74) is 1.58. The number of methoxy groups -OCH3 is 1. The van der Waals surface area contributed by atoms with Gasteiger partial charge in [-0.15, -0.1) is 14.2 Å². The molecule has 2 rings (SSSR count). The molecule has 0 amide bonds. The molecule has 1 aromatic carbocycles. The zero-order valence-corrected chi connectivity index (χ0v) is 11.9. The fraction of sp³-hybridized carbons (Fsp3) is 0.250. The maximum atomic E-state index is 6.12. The quantitative estimate of drug-likeness (QED) is 0.620. The molecule has 0 aliphatic carbocycles. The van der Waals surface area contributed by atoms with Gasteiger partial charge < -0.3 is 4.74 Å². The maximum Gasteiger partial charge on any atom is 0.208 e. The number of halogens is 1. The third-order valence-electron chi connectivity index (χ3n) is 2.39. The van der Waals surface area contributed by atoms with E-state index in [0.29, 0.717) is 10.7 Å². The molecular formula is C12H13ClN3OS+. The van der Waals surface area contributed by atoms with Crippen LogP contribution in [0.2, 0.25) is 5.02 Å². The number of nitrogens with zero attached hydrogens (tertiary/aromatic N) is 3. The van der Waals surface area contributed by atoms with E-state index in [-0.39, 0.29) is 0 Å². The van der Waals surface area contributed by atoms with Crippen LogP contribution in [0.5, 0.6) is 5.75 Å². The molecule has 0 fully saturated rings. The van der Waals surface area contributed by atoms with E-state index in [1.807, 2.05) is 36.3 Å². The fourth-order valence-corrected chi connectivity index (χ4v) is 2.34. The topological polar surface area (TPSA) is 37.8 Å². The number of hydrogen-bond donors (Lipinski definition) is 0. The van der Waals surface area contributed by atoms with Crippen molar-refractivity contribution in [2.24, 2.45) is 17.3 Å². The van der Waals surface area contributed by atoms with E-state index in [9.17, 15) is 0 Å². The van der Waals surface area contributed by atoms with Gasteiger partial charge in [-0.2, -0.15) is 0 Å². The molecule has 0 aliphatic heterocycles. The summed E-state index contributed by atoms with van der Waals surface area (Å²) in [7, 11) is 3.57.